The van der Waals surface area contributed by atoms with Crippen molar-refractivity contribution in [1.82, 2.24) is 0 Å². The van der Waals surface area contributed by atoms with Crippen LogP contribution < -0.4 is 51.4 Å². The number of aliphatic hydroxyl groups is 1. The Kier molecular flexibility index (Phi) is 17.4. The first-order valence-electron chi connectivity index (χ1n) is 2.58. The van der Waals surface area contributed by atoms with Gasteiger partial charge in [0.15, 0.2) is 0 Å². The summed E-state index contributed by atoms with van der Waals surface area (Å²) >= 11 is 0. The average molecular weight is 141 g/mol. The SMILES string of the molecule is C1CC[N-]C1.CO.[K+]. The quantitative estimate of drug-likeness (QED) is 0.381. The van der Waals surface area contributed by atoms with Crippen LogP contribution in [-0.2, 0) is 0 Å². The Morgan fingerprint density at radius 3 is 1.62 bits per heavy atom. The standard InChI is InChI=1S/C4H8N.CH4O.K/c1-2-4-5-3-1;1-2;/h1-4H2;2H,1H3;/q-1;;+1. The average Bonchev–Trinajstić information content (AvgIpc) is 2.23. The van der Waals surface area contributed by atoms with Crippen LogP contribution in [0.15, 0.2) is 0 Å². The van der Waals surface area contributed by atoms with Crippen molar-refractivity contribution in [2.24, 2.45) is 0 Å². The third kappa shape index (κ3) is 7.56. The summed E-state index contributed by atoms with van der Waals surface area (Å²) < 4.78 is 0. The predicted molar refractivity (Wildman–Crippen MR) is 30.5 cm³/mol. The third-order valence-electron chi connectivity index (χ3n) is 0.882. The molecule has 0 saturated carbocycles. The Hall–Kier alpha value is 1.56. The van der Waals surface area contributed by atoms with Crippen LogP contribution in [0.25, 0.3) is 5.32 Å². The molecule has 0 atom stereocenters. The molecule has 44 valence electrons. The number of aliphatic hydroxyl groups excluding tert-OH is 1. The van der Waals surface area contributed by atoms with Crippen LogP contribution in [0.1, 0.15) is 12.8 Å². The van der Waals surface area contributed by atoms with Gasteiger partial charge >= 0.3 is 51.4 Å². The molecule has 0 aromatic heterocycles. The predicted octanol–water partition coefficient (Wildman–Crippen LogP) is -2.23. The van der Waals surface area contributed by atoms with Crippen LogP contribution >= 0.6 is 0 Å². The summed E-state index contributed by atoms with van der Waals surface area (Å²) in [7, 11) is 1.00. The van der Waals surface area contributed by atoms with Crippen molar-refractivity contribution in [3.63, 3.8) is 0 Å². The smallest absolute Gasteiger partial charge is 0.662 e. The van der Waals surface area contributed by atoms with Gasteiger partial charge in [0.05, 0.1) is 0 Å². The molecule has 0 bridgehead atoms. The van der Waals surface area contributed by atoms with Crippen molar-refractivity contribution >= 4 is 0 Å². The van der Waals surface area contributed by atoms with Gasteiger partial charge in [-0.1, -0.05) is 12.8 Å². The first kappa shape index (κ1) is 12.3. The molecular formula is C5H12KNO. The van der Waals surface area contributed by atoms with Gasteiger partial charge < -0.3 is 10.4 Å². The summed E-state index contributed by atoms with van der Waals surface area (Å²) in [5.74, 6) is 0. The largest absolute Gasteiger partial charge is 1.00 e. The Bertz CT molecular complexity index is 24.0. The molecule has 2 nitrogen and oxygen atoms in total. The summed E-state index contributed by atoms with van der Waals surface area (Å²) in [6, 6.07) is 0. The van der Waals surface area contributed by atoms with Crippen molar-refractivity contribution in [2.75, 3.05) is 20.2 Å². The third-order valence-corrected chi connectivity index (χ3v) is 0.882. The van der Waals surface area contributed by atoms with Gasteiger partial charge in [0.1, 0.15) is 0 Å². The van der Waals surface area contributed by atoms with Gasteiger partial charge in [-0.3, -0.25) is 0 Å². The number of rotatable bonds is 0. The molecule has 0 aromatic rings. The number of hydrogen-bond donors (Lipinski definition) is 1. The Balaban J connectivity index is 0. The Morgan fingerprint density at radius 2 is 1.50 bits per heavy atom. The first-order chi connectivity index (χ1) is 3.50. The van der Waals surface area contributed by atoms with E-state index < -0.39 is 0 Å². The van der Waals surface area contributed by atoms with E-state index in [-0.39, 0.29) is 51.4 Å². The topological polar surface area (TPSA) is 34.3 Å². The van der Waals surface area contributed by atoms with E-state index in [1.54, 1.807) is 0 Å². The molecule has 3 heteroatoms. The van der Waals surface area contributed by atoms with Gasteiger partial charge in [0.25, 0.3) is 0 Å². The Morgan fingerprint density at radius 1 is 1.12 bits per heavy atom. The van der Waals surface area contributed by atoms with E-state index >= 15 is 0 Å². The summed E-state index contributed by atoms with van der Waals surface area (Å²) in [6.45, 7) is 2.25. The van der Waals surface area contributed by atoms with E-state index in [1.807, 2.05) is 0 Å². The van der Waals surface area contributed by atoms with Gasteiger partial charge in [-0.25, -0.2) is 0 Å². The van der Waals surface area contributed by atoms with Gasteiger partial charge in [-0.2, -0.15) is 0 Å². The van der Waals surface area contributed by atoms with E-state index in [2.05, 4.69) is 5.32 Å². The van der Waals surface area contributed by atoms with Crippen LogP contribution in [0.5, 0.6) is 0 Å². The molecule has 0 spiro atoms. The monoisotopic (exact) mass is 141 g/mol. The van der Waals surface area contributed by atoms with E-state index in [9.17, 15) is 0 Å². The number of nitrogens with zero attached hydrogens (tertiary/aromatic N) is 1. The number of hydrogen-bond acceptors (Lipinski definition) is 1. The van der Waals surface area contributed by atoms with Gasteiger partial charge in [-0.15, -0.1) is 13.1 Å². The minimum atomic E-state index is 0. The van der Waals surface area contributed by atoms with Crippen LogP contribution in [0.2, 0.25) is 0 Å². The summed E-state index contributed by atoms with van der Waals surface area (Å²) in [5.41, 5.74) is 0. The van der Waals surface area contributed by atoms with Crippen LogP contribution in [-0.4, -0.2) is 25.3 Å². The second kappa shape index (κ2) is 11.4. The summed E-state index contributed by atoms with van der Waals surface area (Å²) in [5, 5.41) is 11.1. The molecule has 0 unspecified atom stereocenters. The van der Waals surface area contributed by atoms with Crippen LogP contribution in [0.3, 0.4) is 0 Å². The fourth-order valence-corrected chi connectivity index (χ4v) is 0.559. The molecule has 1 aliphatic rings. The summed E-state index contributed by atoms with van der Waals surface area (Å²) in [6.07, 6.45) is 2.67. The molecular weight excluding hydrogens is 129 g/mol. The maximum Gasteiger partial charge on any atom is 1.00 e. The van der Waals surface area contributed by atoms with Crippen molar-refractivity contribution in [1.29, 1.82) is 0 Å². The minimum Gasteiger partial charge on any atom is -0.662 e. The zero-order valence-corrected chi connectivity index (χ0v) is 8.85. The summed E-state index contributed by atoms with van der Waals surface area (Å²) in [4.78, 5) is 0. The maximum atomic E-state index is 7.00. The molecule has 1 fully saturated rings. The van der Waals surface area contributed by atoms with Crippen molar-refractivity contribution in [3.05, 3.63) is 5.32 Å². The zero-order valence-electron chi connectivity index (χ0n) is 5.72. The molecule has 1 saturated heterocycles. The van der Waals surface area contributed by atoms with Crippen molar-refractivity contribution in [2.45, 2.75) is 12.8 Å². The van der Waals surface area contributed by atoms with E-state index in [0.29, 0.717) is 0 Å². The van der Waals surface area contributed by atoms with Crippen LogP contribution in [0.4, 0.5) is 0 Å². The second-order valence-electron chi connectivity index (χ2n) is 1.38. The first-order valence-corrected chi connectivity index (χ1v) is 2.58. The normalized spacial score (nSPS) is 15.8. The van der Waals surface area contributed by atoms with E-state index in [4.69, 9.17) is 5.11 Å². The molecule has 8 heavy (non-hydrogen) atoms. The van der Waals surface area contributed by atoms with E-state index in [1.165, 1.54) is 12.8 Å². The molecule has 0 aliphatic carbocycles. The van der Waals surface area contributed by atoms with Gasteiger partial charge in [0.2, 0.25) is 0 Å². The molecule has 1 N–H and O–H groups in total. The molecule has 1 heterocycles. The van der Waals surface area contributed by atoms with Crippen LogP contribution in [0, 0.1) is 0 Å². The molecule has 1 aliphatic heterocycles. The minimum absolute atomic E-state index is 0. The van der Waals surface area contributed by atoms with Gasteiger partial charge in [0, 0.05) is 7.11 Å². The maximum absolute atomic E-state index is 7.00. The zero-order chi connectivity index (χ0) is 5.54. The van der Waals surface area contributed by atoms with Crippen molar-refractivity contribution < 1.29 is 56.5 Å². The Labute approximate surface area is 93.5 Å². The fourth-order valence-electron chi connectivity index (χ4n) is 0.559. The molecule has 1 rings (SSSR count). The van der Waals surface area contributed by atoms with Gasteiger partial charge in [-0.05, 0) is 0 Å². The molecule has 0 aromatic carbocycles. The second-order valence-corrected chi connectivity index (χ2v) is 1.38. The molecule has 0 amide bonds. The van der Waals surface area contributed by atoms with Crippen molar-refractivity contribution in [3.8, 4) is 0 Å². The van der Waals surface area contributed by atoms with E-state index in [0.717, 1.165) is 20.2 Å². The fraction of sp³-hybridized carbons (Fsp3) is 1.00. The molecule has 0 radical (unpaired) electrons.